The molecule has 0 saturated carbocycles. The Morgan fingerprint density at radius 3 is 2.50 bits per heavy atom. The summed E-state index contributed by atoms with van der Waals surface area (Å²) < 4.78 is 28.6. The number of methoxy groups -OCH3 is 1. The van der Waals surface area contributed by atoms with E-state index in [1.54, 1.807) is 0 Å². The van der Waals surface area contributed by atoms with E-state index < -0.39 is 16.0 Å². The van der Waals surface area contributed by atoms with Crippen molar-refractivity contribution in [3.63, 3.8) is 0 Å². The zero-order valence-corrected chi connectivity index (χ0v) is 11.1. The number of anilines is 1. The van der Waals surface area contributed by atoms with Gasteiger partial charge in [-0.05, 0) is 18.2 Å². The van der Waals surface area contributed by atoms with Gasteiger partial charge in [0, 0.05) is 19.8 Å². The van der Waals surface area contributed by atoms with Crippen molar-refractivity contribution < 1.29 is 17.9 Å². The van der Waals surface area contributed by atoms with Crippen LogP contribution in [0, 0.1) is 0 Å². The number of nitrogens with zero attached hydrogens (tertiary/aromatic N) is 1. The van der Waals surface area contributed by atoms with E-state index in [1.165, 1.54) is 44.4 Å². The van der Waals surface area contributed by atoms with Crippen molar-refractivity contribution in [1.29, 1.82) is 0 Å². The standard InChI is InChI=1S/C10H15N3O4S/c1-13(2)12-18(15,16)9-6-7(11)4-5-8(9)10(14)17-3/h4-6,12H,11H2,1-3H3. The minimum atomic E-state index is -3.87. The van der Waals surface area contributed by atoms with Gasteiger partial charge >= 0.3 is 5.97 Å². The van der Waals surface area contributed by atoms with Crippen molar-refractivity contribution in [3.05, 3.63) is 23.8 Å². The molecular weight excluding hydrogens is 258 g/mol. The second-order valence-electron chi connectivity index (χ2n) is 3.74. The van der Waals surface area contributed by atoms with Crippen LogP contribution in [-0.2, 0) is 14.8 Å². The van der Waals surface area contributed by atoms with Crippen LogP contribution in [0.15, 0.2) is 23.1 Å². The Labute approximate surface area is 106 Å². The Hall–Kier alpha value is -1.64. The summed E-state index contributed by atoms with van der Waals surface area (Å²) in [5, 5.41) is 1.25. The summed E-state index contributed by atoms with van der Waals surface area (Å²) in [6.45, 7) is 0. The first kappa shape index (κ1) is 14.4. The molecule has 0 amide bonds. The molecule has 100 valence electrons. The summed E-state index contributed by atoms with van der Waals surface area (Å²) >= 11 is 0. The van der Waals surface area contributed by atoms with Crippen LogP contribution in [0.4, 0.5) is 5.69 Å². The predicted octanol–water partition coefficient (Wildman–Crippen LogP) is -0.190. The molecule has 8 heteroatoms. The molecule has 0 aliphatic heterocycles. The molecule has 1 aromatic carbocycles. The Bertz CT molecular complexity index is 554. The number of hydrazine groups is 1. The molecule has 0 aromatic heterocycles. The van der Waals surface area contributed by atoms with Gasteiger partial charge < -0.3 is 10.5 Å². The number of hydrogen-bond donors (Lipinski definition) is 2. The lowest BCUT2D eigenvalue weighted by molar-refractivity contribution is 0.0596. The summed E-state index contributed by atoms with van der Waals surface area (Å²) in [5.41, 5.74) is 5.71. The van der Waals surface area contributed by atoms with Crippen molar-refractivity contribution in [2.45, 2.75) is 4.90 Å². The highest BCUT2D eigenvalue weighted by atomic mass is 32.2. The minimum Gasteiger partial charge on any atom is -0.465 e. The van der Waals surface area contributed by atoms with E-state index in [-0.39, 0.29) is 16.1 Å². The van der Waals surface area contributed by atoms with Crippen molar-refractivity contribution in [3.8, 4) is 0 Å². The highest BCUT2D eigenvalue weighted by molar-refractivity contribution is 7.89. The fourth-order valence-electron chi connectivity index (χ4n) is 1.33. The lowest BCUT2D eigenvalue weighted by Gasteiger charge is -2.14. The smallest absolute Gasteiger partial charge is 0.339 e. The molecular formula is C10H15N3O4S. The quantitative estimate of drug-likeness (QED) is 0.448. The van der Waals surface area contributed by atoms with Gasteiger partial charge in [0.2, 0.25) is 0 Å². The molecule has 1 aromatic rings. The molecule has 0 aliphatic carbocycles. The van der Waals surface area contributed by atoms with Crippen LogP contribution in [0.5, 0.6) is 0 Å². The number of esters is 1. The van der Waals surface area contributed by atoms with Crippen LogP contribution in [0.25, 0.3) is 0 Å². The number of nitrogen functional groups attached to an aromatic ring is 1. The Morgan fingerprint density at radius 1 is 1.39 bits per heavy atom. The third kappa shape index (κ3) is 3.19. The molecule has 3 N–H and O–H groups in total. The number of hydrogen-bond acceptors (Lipinski definition) is 6. The average Bonchev–Trinajstić information content (AvgIpc) is 2.26. The first-order valence-electron chi connectivity index (χ1n) is 4.95. The topological polar surface area (TPSA) is 102 Å². The summed E-state index contributed by atoms with van der Waals surface area (Å²) in [6, 6.07) is 3.95. The van der Waals surface area contributed by atoms with Gasteiger partial charge in [-0.2, -0.15) is 0 Å². The zero-order valence-electron chi connectivity index (χ0n) is 10.3. The van der Waals surface area contributed by atoms with E-state index >= 15 is 0 Å². The number of benzene rings is 1. The van der Waals surface area contributed by atoms with Gasteiger partial charge in [0.25, 0.3) is 10.0 Å². The Kier molecular flexibility index (Phi) is 4.28. The first-order chi connectivity index (χ1) is 8.27. The molecule has 7 nitrogen and oxygen atoms in total. The highest BCUT2D eigenvalue weighted by Crippen LogP contribution is 2.20. The molecule has 0 atom stereocenters. The summed E-state index contributed by atoms with van der Waals surface area (Å²) in [4.78, 5) is 13.5. The van der Waals surface area contributed by atoms with Crippen LogP contribution in [-0.4, -0.2) is 40.6 Å². The molecule has 1 rings (SSSR count). The van der Waals surface area contributed by atoms with Crippen LogP contribution in [0.1, 0.15) is 10.4 Å². The van der Waals surface area contributed by atoms with Crippen molar-refractivity contribution in [1.82, 2.24) is 9.84 Å². The number of nitrogens with one attached hydrogen (secondary N) is 1. The molecule has 0 aliphatic rings. The number of carbonyl (C=O) groups excluding carboxylic acids is 1. The lowest BCUT2D eigenvalue weighted by Crippen LogP contribution is -2.36. The van der Waals surface area contributed by atoms with Crippen LogP contribution in [0.3, 0.4) is 0 Å². The molecule has 0 fully saturated rings. The molecule has 18 heavy (non-hydrogen) atoms. The number of carbonyl (C=O) groups is 1. The fourth-order valence-corrected chi connectivity index (χ4v) is 2.64. The molecule has 0 bridgehead atoms. The predicted molar refractivity (Wildman–Crippen MR) is 66.2 cm³/mol. The maximum absolute atomic E-state index is 12.0. The van der Waals surface area contributed by atoms with E-state index in [2.05, 4.69) is 9.57 Å². The lowest BCUT2D eigenvalue weighted by atomic mass is 10.2. The zero-order chi connectivity index (χ0) is 13.9. The largest absolute Gasteiger partial charge is 0.465 e. The molecule has 0 spiro atoms. The number of ether oxygens (including phenoxy) is 1. The van der Waals surface area contributed by atoms with Gasteiger partial charge in [-0.3, -0.25) is 0 Å². The van der Waals surface area contributed by atoms with E-state index in [1.807, 2.05) is 0 Å². The monoisotopic (exact) mass is 273 g/mol. The third-order valence-electron chi connectivity index (χ3n) is 2.00. The van der Waals surface area contributed by atoms with Crippen molar-refractivity contribution in [2.24, 2.45) is 0 Å². The summed E-state index contributed by atoms with van der Waals surface area (Å²) in [6.07, 6.45) is 0. The van der Waals surface area contributed by atoms with Gasteiger partial charge in [-0.25, -0.2) is 18.2 Å². The Balaban J connectivity index is 3.38. The maximum Gasteiger partial charge on any atom is 0.339 e. The van der Waals surface area contributed by atoms with E-state index in [9.17, 15) is 13.2 Å². The summed E-state index contributed by atoms with van der Waals surface area (Å²) in [7, 11) is 0.333. The minimum absolute atomic E-state index is 0.0685. The maximum atomic E-state index is 12.0. The van der Waals surface area contributed by atoms with Gasteiger partial charge in [-0.1, -0.05) is 0 Å². The average molecular weight is 273 g/mol. The number of sulfonamides is 1. The molecule has 0 unspecified atom stereocenters. The highest BCUT2D eigenvalue weighted by Gasteiger charge is 2.23. The number of nitrogens with two attached hydrogens (primary N) is 1. The summed E-state index contributed by atoms with van der Waals surface area (Å²) in [5.74, 6) is -0.742. The molecule has 0 radical (unpaired) electrons. The van der Waals surface area contributed by atoms with E-state index in [0.717, 1.165) is 0 Å². The van der Waals surface area contributed by atoms with E-state index in [0.29, 0.717) is 0 Å². The van der Waals surface area contributed by atoms with Gasteiger partial charge in [-0.15, -0.1) is 4.83 Å². The van der Waals surface area contributed by atoms with Gasteiger partial charge in [0.1, 0.15) is 0 Å². The number of rotatable bonds is 4. The van der Waals surface area contributed by atoms with Gasteiger partial charge in [0.05, 0.1) is 17.6 Å². The van der Waals surface area contributed by atoms with Crippen LogP contribution in [0.2, 0.25) is 0 Å². The second kappa shape index (κ2) is 5.34. The van der Waals surface area contributed by atoms with Crippen molar-refractivity contribution >= 4 is 21.7 Å². The molecule has 0 saturated heterocycles. The fraction of sp³-hybridized carbons (Fsp3) is 0.300. The van der Waals surface area contributed by atoms with Crippen molar-refractivity contribution in [2.75, 3.05) is 26.9 Å². The van der Waals surface area contributed by atoms with Crippen LogP contribution >= 0.6 is 0 Å². The first-order valence-corrected chi connectivity index (χ1v) is 6.44. The third-order valence-corrected chi connectivity index (χ3v) is 3.53. The Morgan fingerprint density at radius 2 is 2.00 bits per heavy atom. The van der Waals surface area contributed by atoms with E-state index in [4.69, 9.17) is 5.73 Å². The van der Waals surface area contributed by atoms with Crippen LogP contribution < -0.4 is 10.6 Å². The van der Waals surface area contributed by atoms with Gasteiger partial charge in [0.15, 0.2) is 0 Å². The normalized spacial score (nSPS) is 11.6. The second-order valence-corrected chi connectivity index (χ2v) is 5.37. The molecule has 0 heterocycles. The SMILES string of the molecule is COC(=O)c1ccc(N)cc1S(=O)(=O)NN(C)C.